The molecule has 1 aliphatic heterocycles. The van der Waals surface area contributed by atoms with Crippen LogP contribution in [0.5, 0.6) is 0 Å². The topological polar surface area (TPSA) is 85.1 Å². The molecule has 0 aliphatic carbocycles. The van der Waals surface area contributed by atoms with Gasteiger partial charge >= 0.3 is 0 Å². The molecule has 0 radical (unpaired) electrons. The van der Waals surface area contributed by atoms with E-state index in [2.05, 4.69) is 15.5 Å². The van der Waals surface area contributed by atoms with E-state index in [4.69, 9.17) is 0 Å². The number of rotatable bonds is 4. The van der Waals surface area contributed by atoms with Crippen molar-refractivity contribution in [3.8, 4) is 0 Å². The first-order chi connectivity index (χ1) is 10.0. The molecule has 0 unspecified atom stereocenters. The van der Waals surface area contributed by atoms with Crippen LogP contribution in [0.4, 0.5) is 0 Å². The molecule has 0 saturated carbocycles. The normalized spacial score (nSPS) is 16.1. The van der Waals surface area contributed by atoms with Gasteiger partial charge in [0.25, 0.3) is 0 Å². The second-order valence-electron chi connectivity index (χ2n) is 5.09. The number of aryl methyl sites for hydroxylation is 1. The summed E-state index contributed by atoms with van der Waals surface area (Å²) < 4.78 is 30.6. The minimum Gasteiger partial charge on any atom is -0.352 e. The fourth-order valence-electron chi connectivity index (χ4n) is 2.47. The second kappa shape index (κ2) is 5.24. The van der Waals surface area contributed by atoms with Crippen LogP contribution < -0.4 is 5.32 Å². The molecule has 21 heavy (non-hydrogen) atoms. The van der Waals surface area contributed by atoms with Crippen molar-refractivity contribution >= 4 is 10.0 Å². The number of nitrogens with one attached hydrogen (secondary N) is 1. The first-order valence-electron chi connectivity index (χ1n) is 6.69. The Hall–Kier alpha value is -1.71. The zero-order chi connectivity index (χ0) is 15.0. The maximum absolute atomic E-state index is 12.7. The second-order valence-corrected chi connectivity index (χ2v) is 7.03. The molecular formula is C12H18N6O2S. The Morgan fingerprint density at radius 1 is 1.38 bits per heavy atom. The predicted octanol–water partition coefficient (Wildman–Crippen LogP) is -0.459. The molecular weight excluding hydrogens is 292 g/mol. The van der Waals surface area contributed by atoms with Crippen LogP contribution >= 0.6 is 0 Å². The van der Waals surface area contributed by atoms with Crippen molar-refractivity contribution in [3.05, 3.63) is 30.1 Å². The molecule has 3 rings (SSSR count). The molecule has 8 nitrogen and oxygen atoms in total. The molecule has 0 aromatic carbocycles. The summed E-state index contributed by atoms with van der Waals surface area (Å²) in [6.07, 6.45) is 3.29. The van der Waals surface area contributed by atoms with Crippen LogP contribution in [-0.4, -0.2) is 45.6 Å². The lowest BCUT2D eigenvalue weighted by Crippen LogP contribution is -2.38. The van der Waals surface area contributed by atoms with Crippen LogP contribution in [-0.2, 0) is 36.7 Å². The maximum Gasteiger partial charge on any atom is 0.245 e. The minimum atomic E-state index is -3.50. The summed E-state index contributed by atoms with van der Waals surface area (Å²) in [5.41, 5.74) is 0.927. The lowest BCUT2D eigenvalue weighted by atomic mass is 10.4. The van der Waals surface area contributed by atoms with Crippen LogP contribution in [0.15, 0.2) is 23.5 Å². The number of aromatic nitrogens is 4. The average molecular weight is 310 g/mol. The van der Waals surface area contributed by atoms with Crippen molar-refractivity contribution < 1.29 is 8.42 Å². The summed E-state index contributed by atoms with van der Waals surface area (Å²) in [5.74, 6) is 0.677. The number of hydrogen-bond acceptors (Lipinski definition) is 5. The van der Waals surface area contributed by atoms with Crippen LogP contribution in [0.2, 0.25) is 0 Å². The summed E-state index contributed by atoms with van der Waals surface area (Å²) in [6, 6.07) is 1.71. The van der Waals surface area contributed by atoms with Crippen LogP contribution in [0.3, 0.4) is 0 Å². The van der Waals surface area contributed by atoms with Crippen LogP contribution in [0, 0.1) is 0 Å². The van der Waals surface area contributed by atoms with Gasteiger partial charge in [-0.25, -0.2) is 8.42 Å². The average Bonchev–Trinajstić information content (AvgIpc) is 3.06. The van der Waals surface area contributed by atoms with E-state index in [0.29, 0.717) is 30.4 Å². The maximum atomic E-state index is 12.7. The Morgan fingerprint density at radius 3 is 2.95 bits per heavy atom. The van der Waals surface area contributed by atoms with Crippen molar-refractivity contribution in [2.24, 2.45) is 7.05 Å². The first-order valence-corrected chi connectivity index (χ1v) is 8.13. The largest absolute Gasteiger partial charge is 0.352 e. The highest BCUT2D eigenvalue weighted by Gasteiger charge is 2.30. The summed E-state index contributed by atoms with van der Waals surface area (Å²) in [4.78, 5) is 0.322. The van der Waals surface area contributed by atoms with E-state index in [1.165, 1.54) is 4.31 Å². The molecule has 0 fully saturated rings. The van der Waals surface area contributed by atoms with E-state index < -0.39 is 10.0 Å². The Morgan fingerprint density at radius 2 is 2.19 bits per heavy atom. The third-order valence-corrected chi connectivity index (χ3v) is 5.49. The van der Waals surface area contributed by atoms with Crippen molar-refractivity contribution in [2.45, 2.75) is 24.5 Å². The standard InChI is InChI=1S/C12H18N6O2S/c1-13-6-10-5-11(7-16(10)2)21(19,20)18-4-3-17-9-14-15-12(17)8-18/h5,7,9,13H,3-4,6,8H2,1-2H3. The number of fused-ring (bicyclic) bond motifs is 1. The van der Waals surface area contributed by atoms with E-state index in [-0.39, 0.29) is 6.54 Å². The van der Waals surface area contributed by atoms with Gasteiger partial charge in [0.2, 0.25) is 10.0 Å². The van der Waals surface area contributed by atoms with Gasteiger partial charge < -0.3 is 14.5 Å². The SMILES string of the molecule is CNCc1cc(S(=O)(=O)N2CCn3cnnc3C2)cn1C. The highest BCUT2D eigenvalue weighted by Crippen LogP contribution is 2.22. The Labute approximate surface area is 123 Å². The molecule has 1 aliphatic rings. The molecule has 9 heteroatoms. The lowest BCUT2D eigenvalue weighted by Gasteiger charge is -2.25. The third kappa shape index (κ3) is 2.47. The van der Waals surface area contributed by atoms with Gasteiger partial charge in [0.1, 0.15) is 17.0 Å². The number of sulfonamides is 1. The van der Waals surface area contributed by atoms with Gasteiger partial charge in [0.15, 0.2) is 0 Å². The zero-order valence-corrected chi connectivity index (χ0v) is 12.8. The quantitative estimate of drug-likeness (QED) is 0.826. The molecule has 114 valence electrons. The molecule has 3 heterocycles. The summed E-state index contributed by atoms with van der Waals surface area (Å²) in [6.45, 7) is 1.90. The monoisotopic (exact) mass is 310 g/mol. The van der Waals surface area contributed by atoms with Crippen molar-refractivity contribution in [1.29, 1.82) is 0 Å². The predicted molar refractivity (Wildman–Crippen MR) is 75.8 cm³/mol. The summed E-state index contributed by atoms with van der Waals surface area (Å²) in [7, 11) is 0.179. The van der Waals surface area contributed by atoms with Gasteiger partial charge in [-0.3, -0.25) is 0 Å². The molecule has 1 N–H and O–H groups in total. The fourth-order valence-corrected chi connectivity index (χ4v) is 3.96. The number of hydrogen-bond donors (Lipinski definition) is 1. The smallest absolute Gasteiger partial charge is 0.245 e. The molecule has 0 saturated heterocycles. The lowest BCUT2D eigenvalue weighted by molar-refractivity contribution is 0.335. The van der Waals surface area contributed by atoms with Crippen LogP contribution in [0.25, 0.3) is 0 Å². The highest BCUT2D eigenvalue weighted by molar-refractivity contribution is 7.89. The van der Waals surface area contributed by atoms with Crippen molar-refractivity contribution in [3.63, 3.8) is 0 Å². The Bertz CT molecular complexity index is 748. The van der Waals surface area contributed by atoms with E-state index in [9.17, 15) is 8.42 Å². The first kappa shape index (κ1) is 14.2. The molecule has 0 amide bonds. The third-order valence-electron chi connectivity index (χ3n) is 3.68. The van der Waals surface area contributed by atoms with Crippen LogP contribution in [0.1, 0.15) is 11.5 Å². The van der Waals surface area contributed by atoms with E-state index in [0.717, 1.165) is 5.69 Å². The highest BCUT2D eigenvalue weighted by atomic mass is 32.2. The van der Waals surface area contributed by atoms with Gasteiger partial charge in [-0.15, -0.1) is 10.2 Å². The number of nitrogens with zero attached hydrogens (tertiary/aromatic N) is 5. The molecule has 2 aromatic heterocycles. The van der Waals surface area contributed by atoms with Gasteiger partial charge in [-0.05, 0) is 13.1 Å². The minimum absolute atomic E-state index is 0.262. The molecule has 0 spiro atoms. The Kier molecular flexibility index (Phi) is 3.56. The molecule has 0 bridgehead atoms. The Balaban J connectivity index is 1.89. The van der Waals surface area contributed by atoms with Gasteiger partial charge in [0.05, 0.1) is 6.54 Å². The molecule has 2 aromatic rings. The zero-order valence-electron chi connectivity index (χ0n) is 12.0. The van der Waals surface area contributed by atoms with E-state index in [1.807, 2.05) is 23.2 Å². The molecule has 0 atom stereocenters. The summed E-state index contributed by atoms with van der Waals surface area (Å²) in [5, 5.41) is 10.8. The fraction of sp³-hybridized carbons (Fsp3) is 0.500. The van der Waals surface area contributed by atoms with Crippen molar-refractivity contribution in [1.82, 2.24) is 29.0 Å². The van der Waals surface area contributed by atoms with E-state index in [1.54, 1.807) is 18.6 Å². The van der Waals surface area contributed by atoms with Gasteiger partial charge in [-0.2, -0.15) is 4.31 Å². The van der Waals surface area contributed by atoms with E-state index >= 15 is 0 Å². The summed E-state index contributed by atoms with van der Waals surface area (Å²) >= 11 is 0. The van der Waals surface area contributed by atoms with Gasteiger partial charge in [0, 0.05) is 38.6 Å². The van der Waals surface area contributed by atoms with Crippen molar-refractivity contribution in [2.75, 3.05) is 13.6 Å². The van der Waals surface area contributed by atoms with Gasteiger partial charge in [-0.1, -0.05) is 0 Å².